The van der Waals surface area contributed by atoms with Gasteiger partial charge < -0.3 is 14.8 Å². The molecule has 0 aliphatic heterocycles. The zero-order valence-corrected chi connectivity index (χ0v) is 18.3. The highest BCUT2D eigenvalue weighted by Gasteiger charge is 2.26. The van der Waals surface area contributed by atoms with E-state index in [1.807, 2.05) is 0 Å². The molecule has 10 heteroatoms. The Hall–Kier alpha value is -1.78. The highest BCUT2D eigenvalue weighted by molar-refractivity contribution is 8.00. The van der Waals surface area contributed by atoms with Gasteiger partial charge in [-0.2, -0.15) is 4.31 Å². The molecule has 0 heterocycles. The Bertz CT molecular complexity index is 763. The van der Waals surface area contributed by atoms with Crippen molar-refractivity contribution in [3.05, 3.63) is 18.2 Å². The Balaban J connectivity index is 2.95. The first-order valence-electron chi connectivity index (χ1n) is 9.10. The number of rotatable bonds is 12. The van der Waals surface area contributed by atoms with Crippen LogP contribution in [0, 0.1) is 0 Å². The zero-order chi connectivity index (χ0) is 21.2. The van der Waals surface area contributed by atoms with Crippen LogP contribution >= 0.6 is 11.8 Å². The zero-order valence-electron chi connectivity index (χ0n) is 16.7. The molecule has 8 nitrogen and oxygen atoms in total. The van der Waals surface area contributed by atoms with Gasteiger partial charge in [0, 0.05) is 18.8 Å². The summed E-state index contributed by atoms with van der Waals surface area (Å²) in [7, 11) is -3.76. The average Bonchev–Trinajstić information content (AvgIpc) is 2.64. The summed E-state index contributed by atoms with van der Waals surface area (Å²) in [4.78, 5) is 23.4. The van der Waals surface area contributed by atoms with Crippen molar-refractivity contribution in [3.63, 3.8) is 0 Å². The van der Waals surface area contributed by atoms with Crippen LogP contribution in [0.1, 0.15) is 27.7 Å². The molecule has 0 spiro atoms. The topological polar surface area (TPSA) is 102 Å². The number of hydrogen-bond donors (Lipinski definition) is 1. The smallest absolute Gasteiger partial charge is 0.315 e. The molecule has 1 rings (SSSR count). The summed E-state index contributed by atoms with van der Waals surface area (Å²) in [6.07, 6.45) is 0. The number of nitrogens with one attached hydrogen (secondary N) is 1. The van der Waals surface area contributed by atoms with E-state index < -0.39 is 10.0 Å². The van der Waals surface area contributed by atoms with Crippen LogP contribution in [0.3, 0.4) is 0 Å². The van der Waals surface area contributed by atoms with Crippen molar-refractivity contribution in [2.45, 2.75) is 32.6 Å². The van der Waals surface area contributed by atoms with Crippen LogP contribution < -0.4 is 10.1 Å². The van der Waals surface area contributed by atoms with E-state index in [1.165, 1.54) is 16.4 Å². The quantitative estimate of drug-likeness (QED) is 0.506. The summed E-state index contributed by atoms with van der Waals surface area (Å²) in [6, 6.07) is 4.51. The normalized spacial score (nSPS) is 11.3. The Morgan fingerprint density at radius 1 is 1.07 bits per heavy atom. The van der Waals surface area contributed by atoms with Crippen molar-refractivity contribution in [1.82, 2.24) is 4.31 Å². The fourth-order valence-corrected chi connectivity index (χ4v) is 4.62. The summed E-state index contributed by atoms with van der Waals surface area (Å²) in [5, 5.41) is 2.65. The molecule has 158 valence electrons. The number of thioether (sulfide) groups is 1. The van der Waals surface area contributed by atoms with Gasteiger partial charge in [-0.05, 0) is 32.0 Å². The molecule has 28 heavy (non-hydrogen) atoms. The van der Waals surface area contributed by atoms with E-state index in [1.54, 1.807) is 33.8 Å². The van der Waals surface area contributed by atoms with Gasteiger partial charge in [0.1, 0.15) is 10.6 Å². The summed E-state index contributed by atoms with van der Waals surface area (Å²) in [5.41, 5.74) is 0.343. The lowest BCUT2D eigenvalue weighted by Crippen LogP contribution is -2.31. The van der Waals surface area contributed by atoms with Gasteiger partial charge in [0.25, 0.3) is 0 Å². The van der Waals surface area contributed by atoms with E-state index in [0.717, 1.165) is 11.8 Å². The van der Waals surface area contributed by atoms with E-state index in [4.69, 9.17) is 9.47 Å². The minimum absolute atomic E-state index is 0.00928. The molecule has 0 aliphatic rings. The molecule has 0 saturated carbocycles. The highest BCUT2D eigenvalue weighted by atomic mass is 32.2. The molecular weight excluding hydrogens is 404 g/mol. The van der Waals surface area contributed by atoms with Gasteiger partial charge in [0.05, 0.1) is 24.7 Å². The number of sulfonamides is 1. The highest BCUT2D eigenvalue weighted by Crippen LogP contribution is 2.30. The summed E-state index contributed by atoms with van der Waals surface area (Å²) < 4.78 is 37.4. The van der Waals surface area contributed by atoms with Gasteiger partial charge >= 0.3 is 5.97 Å². The fourth-order valence-electron chi connectivity index (χ4n) is 2.39. The van der Waals surface area contributed by atoms with E-state index in [-0.39, 0.29) is 34.0 Å². The number of esters is 1. The first kappa shape index (κ1) is 24.3. The summed E-state index contributed by atoms with van der Waals surface area (Å²) in [5.74, 6) is -0.362. The van der Waals surface area contributed by atoms with Crippen molar-refractivity contribution in [2.24, 2.45) is 0 Å². The van der Waals surface area contributed by atoms with Crippen LogP contribution in [0.4, 0.5) is 5.69 Å². The van der Waals surface area contributed by atoms with E-state index in [9.17, 15) is 18.0 Å². The standard InChI is InChI=1S/C18H28N2O6S2/c1-5-20(6-2)28(23,24)16-11-14(9-10-15(16)25-7-3)19-17(21)12-27-13-18(22)26-8-4/h9-11H,5-8,12-13H2,1-4H3,(H,19,21). The van der Waals surface area contributed by atoms with Crippen LogP contribution in [0.25, 0.3) is 0 Å². The van der Waals surface area contributed by atoms with Crippen LogP contribution in [0.2, 0.25) is 0 Å². The molecule has 0 bridgehead atoms. The van der Waals surface area contributed by atoms with Crippen LogP contribution in [-0.2, 0) is 24.3 Å². The summed E-state index contributed by atoms with van der Waals surface area (Å²) >= 11 is 1.12. The number of ether oxygens (including phenoxy) is 2. The van der Waals surface area contributed by atoms with Crippen molar-refractivity contribution in [3.8, 4) is 5.75 Å². The SMILES string of the molecule is CCOC(=O)CSCC(=O)Nc1ccc(OCC)c(S(=O)(=O)N(CC)CC)c1. The van der Waals surface area contributed by atoms with Crippen molar-refractivity contribution >= 4 is 39.3 Å². The van der Waals surface area contributed by atoms with Gasteiger partial charge in [-0.25, -0.2) is 8.42 Å². The maximum atomic E-state index is 12.9. The molecular formula is C18H28N2O6S2. The Morgan fingerprint density at radius 2 is 1.75 bits per heavy atom. The van der Waals surface area contributed by atoms with Crippen molar-refractivity contribution in [2.75, 3.05) is 43.1 Å². The van der Waals surface area contributed by atoms with Crippen LogP contribution in [-0.4, -0.2) is 62.4 Å². The minimum Gasteiger partial charge on any atom is -0.492 e. The van der Waals surface area contributed by atoms with E-state index in [0.29, 0.717) is 32.0 Å². The number of anilines is 1. The molecule has 0 atom stereocenters. The van der Waals surface area contributed by atoms with Gasteiger partial charge in [-0.3, -0.25) is 9.59 Å². The monoisotopic (exact) mass is 432 g/mol. The van der Waals surface area contributed by atoms with E-state index in [2.05, 4.69) is 5.32 Å². The number of carbonyl (C=O) groups excluding carboxylic acids is 2. The Morgan fingerprint density at radius 3 is 2.32 bits per heavy atom. The molecule has 1 N–H and O–H groups in total. The number of nitrogens with zero attached hydrogens (tertiary/aromatic N) is 1. The maximum absolute atomic E-state index is 12.9. The van der Waals surface area contributed by atoms with Gasteiger partial charge in [-0.1, -0.05) is 13.8 Å². The number of hydrogen-bond acceptors (Lipinski definition) is 7. The second-order valence-electron chi connectivity index (χ2n) is 5.53. The Kier molecular flexibility index (Phi) is 10.3. The Labute approximate surface area is 171 Å². The molecule has 0 aromatic heterocycles. The number of carbonyl (C=O) groups is 2. The third kappa shape index (κ3) is 6.99. The molecule has 1 aromatic carbocycles. The fraction of sp³-hybridized carbons (Fsp3) is 0.556. The molecule has 0 aliphatic carbocycles. The number of amides is 1. The average molecular weight is 433 g/mol. The summed E-state index contributed by atoms with van der Waals surface area (Å²) in [6.45, 7) is 8.26. The third-order valence-electron chi connectivity index (χ3n) is 3.61. The molecule has 1 amide bonds. The van der Waals surface area contributed by atoms with Crippen LogP contribution in [0.15, 0.2) is 23.1 Å². The lowest BCUT2D eigenvalue weighted by Gasteiger charge is -2.21. The lowest BCUT2D eigenvalue weighted by molar-refractivity contribution is -0.139. The first-order chi connectivity index (χ1) is 13.3. The minimum atomic E-state index is -3.76. The second-order valence-corrected chi connectivity index (χ2v) is 8.42. The molecule has 1 aromatic rings. The molecule has 0 saturated heterocycles. The molecule has 0 fully saturated rings. The van der Waals surface area contributed by atoms with Gasteiger partial charge in [0.2, 0.25) is 15.9 Å². The molecule has 0 unspecified atom stereocenters. The maximum Gasteiger partial charge on any atom is 0.315 e. The predicted octanol–water partition coefficient (Wildman–Crippen LogP) is 2.35. The first-order valence-corrected chi connectivity index (χ1v) is 11.7. The van der Waals surface area contributed by atoms with Gasteiger partial charge in [0.15, 0.2) is 0 Å². The van der Waals surface area contributed by atoms with Crippen LogP contribution in [0.5, 0.6) is 5.75 Å². The lowest BCUT2D eigenvalue weighted by atomic mass is 10.3. The van der Waals surface area contributed by atoms with Crippen molar-refractivity contribution < 1.29 is 27.5 Å². The van der Waals surface area contributed by atoms with Gasteiger partial charge in [-0.15, -0.1) is 11.8 Å². The predicted molar refractivity (Wildman–Crippen MR) is 110 cm³/mol. The second kappa shape index (κ2) is 11.9. The number of benzene rings is 1. The third-order valence-corrected chi connectivity index (χ3v) is 6.59. The largest absolute Gasteiger partial charge is 0.492 e. The van der Waals surface area contributed by atoms with E-state index >= 15 is 0 Å². The van der Waals surface area contributed by atoms with Crippen molar-refractivity contribution in [1.29, 1.82) is 0 Å². The molecule has 0 radical (unpaired) electrons.